The second-order valence-corrected chi connectivity index (χ2v) is 7.11. The molecule has 2 heterocycles. The van der Waals surface area contributed by atoms with Crippen molar-refractivity contribution in [2.45, 2.75) is 43.4 Å². The molecule has 0 spiro atoms. The quantitative estimate of drug-likeness (QED) is 0.842. The molecule has 26 heavy (non-hydrogen) atoms. The number of aromatic nitrogens is 1. The van der Waals surface area contributed by atoms with Crippen molar-refractivity contribution in [2.75, 3.05) is 20.8 Å². The first kappa shape index (κ1) is 17.2. The number of amides is 1. The summed E-state index contributed by atoms with van der Waals surface area (Å²) in [6.07, 6.45) is 5.13. The van der Waals surface area contributed by atoms with Crippen LogP contribution >= 0.6 is 0 Å². The lowest BCUT2D eigenvalue weighted by atomic mass is 9.79. The Kier molecular flexibility index (Phi) is 4.54. The molecule has 1 aromatic heterocycles. The molecule has 0 unspecified atom stereocenters. The third-order valence-electron chi connectivity index (χ3n) is 5.98. The van der Waals surface area contributed by atoms with Gasteiger partial charge in [0, 0.05) is 26.3 Å². The van der Waals surface area contributed by atoms with E-state index >= 15 is 0 Å². The highest BCUT2D eigenvalue weighted by atomic mass is 16.5. The highest BCUT2D eigenvalue weighted by Crippen LogP contribution is 2.44. The van der Waals surface area contributed by atoms with E-state index < -0.39 is 0 Å². The molecule has 1 saturated carbocycles. The molecule has 6 nitrogen and oxygen atoms in total. The summed E-state index contributed by atoms with van der Waals surface area (Å²) in [6.45, 7) is 0.674. The Morgan fingerprint density at radius 1 is 1.27 bits per heavy atom. The number of rotatable bonds is 4. The van der Waals surface area contributed by atoms with Crippen LogP contribution in [0, 0.1) is 0 Å². The van der Waals surface area contributed by atoms with E-state index in [1.807, 2.05) is 35.2 Å². The fourth-order valence-corrected chi connectivity index (χ4v) is 4.47. The molecule has 1 aromatic carbocycles. The minimum atomic E-state index is -0.269. The van der Waals surface area contributed by atoms with E-state index in [1.54, 1.807) is 14.2 Å². The van der Waals surface area contributed by atoms with E-state index in [0.717, 1.165) is 31.2 Å². The summed E-state index contributed by atoms with van der Waals surface area (Å²) in [5.41, 5.74) is 1.70. The Morgan fingerprint density at radius 2 is 2.08 bits per heavy atom. The summed E-state index contributed by atoms with van der Waals surface area (Å²) in [6, 6.07) is 9.66. The van der Waals surface area contributed by atoms with Crippen molar-refractivity contribution in [3.63, 3.8) is 0 Å². The summed E-state index contributed by atoms with van der Waals surface area (Å²) in [5, 5.41) is 4.07. The normalized spacial score (nSPS) is 28.2. The van der Waals surface area contributed by atoms with Gasteiger partial charge in [0.15, 0.2) is 0 Å². The molecule has 2 fully saturated rings. The molecule has 6 heteroatoms. The molecular formula is C20H24N2O4. The molecule has 138 valence electrons. The average molecular weight is 356 g/mol. The predicted octanol–water partition coefficient (Wildman–Crippen LogP) is 3.14. The lowest BCUT2D eigenvalue weighted by Crippen LogP contribution is -2.53. The zero-order chi connectivity index (χ0) is 18.1. The summed E-state index contributed by atoms with van der Waals surface area (Å²) >= 11 is 0. The van der Waals surface area contributed by atoms with E-state index in [-0.39, 0.29) is 23.7 Å². The number of benzene rings is 1. The molecule has 4 rings (SSSR count). The van der Waals surface area contributed by atoms with E-state index in [4.69, 9.17) is 14.0 Å². The maximum atomic E-state index is 13.3. The maximum absolute atomic E-state index is 13.3. The van der Waals surface area contributed by atoms with Gasteiger partial charge in [0.1, 0.15) is 17.5 Å². The number of ether oxygens (including phenoxy) is 2. The number of carbonyl (C=O) groups excluding carboxylic acids is 1. The van der Waals surface area contributed by atoms with Crippen LogP contribution in [-0.2, 0) is 9.47 Å². The van der Waals surface area contributed by atoms with E-state index in [2.05, 4.69) is 5.16 Å². The van der Waals surface area contributed by atoms with Crippen molar-refractivity contribution in [2.24, 2.45) is 0 Å². The molecule has 1 aliphatic carbocycles. The minimum absolute atomic E-state index is 0.0113. The fraction of sp³-hybridized carbons (Fsp3) is 0.500. The fourth-order valence-electron chi connectivity index (χ4n) is 4.47. The predicted molar refractivity (Wildman–Crippen MR) is 95.8 cm³/mol. The number of methoxy groups -OCH3 is 2. The monoisotopic (exact) mass is 356 g/mol. The van der Waals surface area contributed by atoms with Gasteiger partial charge < -0.3 is 18.9 Å². The summed E-state index contributed by atoms with van der Waals surface area (Å²) < 4.78 is 16.7. The second kappa shape index (κ2) is 6.85. The van der Waals surface area contributed by atoms with Gasteiger partial charge in [0.25, 0.3) is 5.91 Å². The van der Waals surface area contributed by atoms with Gasteiger partial charge in [-0.05, 0) is 25.7 Å². The van der Waals surface area contributed by atoms with Gasteiger partial charge in [0.2, 0.25) is 0 Å². The zero-order valence-corrected chi connectivity index (χ0v) is 15.2. The molecule has 2 aromatic rings. The molecular weight excluding hydrogens is 332 g/mol. The molecule has 1 saturated heterocycles. The Bertz CT molecular complexity index is 775. The van der Waals surface area contributed by atoms with Gasteiger partial charge in [0.05, 0.1) is 17.7 Å². The highest BCUT2D eigenvalue weighted by Gasteiger charge is 2.53. The number of nitrogens with zero attached hydrogens (tertiary/aromatic N) is 2. The smallest absolute Gasteiger partial charge is 0.259 e. The van der Waals surface area contributed by atoms with Gasteiger partial charge in [-0.25, -0.2) is 0 Å². The van der Waals surface area contributed by atoms with Gasteiger partial charge in [-0.2, -0.15) is 0 Å². The van der Waals surface area contributed by atoms with Crippen molar-refractivity contribution in [3.8, 4) is 11.3 Å². The number of hydrogen-bond donors (Lipinski definition) is 0. The molecule has 1 aliphatic heterocycles. The number of carbonyl (C=O) groups is 1. The molecule has 0 N–H and O–H groups in total. The van der Waals surface area contributed by atoms with Gasteiger partial charge in [-0.1, -0.05) is 35.5 Å². The maximum Gasteiger partial charge on any atom is 0.259 e. The molecule has 1 amide bonds. The summed E-state index contributed by atoms with van der Waals surface area (Å²) in [4.78, 5) is 15.3. The topological polar surface area (TPSA) is 64.8 Å². The van der Waals surface area contributed by atoms with E-state index in [9.17, 15) is 4.79 Å². The van der Waals surface area contributed by atoms with Crippen LogP contribution in [0.25, 0.3) is 11.3 Å². The van der Waals surface area contributed by atoms with Crippen LogP contribution in [0.3, 0.4) is 0 Å². The van der Waals surface area contributed by atoms with Crippen LogP contribution in [0.15, 0.2) is 41.1 Å². The molecule has 0 bridgehead atoms. The van der Waals surface area contributed by atoms with Crippen molar-refractivity contribution >= 4 is 5.91 Å². The summed E-state index contributed by atoms with van der Waals surface area (Å²) in [7, 11) is 3.49. The van der Waals surface area contributed by atoms with E-state index in [1.165, 1.54) is 6.26 Å². The lowest BCUT2D eigenvalue weighted by molar-refractivity contribution is -0.0893. The molecule has 0 radical (unpaired) electrons. The Hall–Kier alpha value is -2.18. The highest BCUT2D eigenvalue weighted by molar-refractivity contribution is 6.00. The number of fused-ring (bicyclic) bond motifs is 1. The van der Waals surface area contributed by atoms with Crippen LogP contribution < -0.4 is 0 Å². The van der Waals surface area contributed by atoms with Crippen LogP contribution in [0.1, 0.15) is 36.0 Å². The number of likely N-dealkylation sites (tertiary alicyclic amines) is 1. The Balaban J connectivity index is 1.64. The van der Waals surface area contributed by atoms with Crippen molar-refractivity contribution in [1.29, 1.82) is 0 Å². The van der Waals surface area contributed by atoms with Crippen LogP contribution in [0.2, 0.25) is 0 Å². The van der Waals surface area contributed by atoms with Gasteiger partial charge >= 0.3 is 0 Å². The van der Waals surface area contributed by atoms with Crippen molar-refractivity contribution in [3.05, 3.63) is 42.2 Å². The van der Waals surface area contributed by atoms with Crippen LogP contribution in [-0.4, -0.2) is 54.5 Å². The zero-order valence-electron chi connectivity index (χ0n) is 15.2. The largest absolute Gasteiger partial charge is 0.381 e. The van der Waals surface area contributed by atoms with Gasteiger partial charge in [-0.15, -0.1) is 0 Å². The standard InChI is InChI=1S/C20H24N2O4/c1-24-15-8-9-20(25-2)10-11-22(17(20)12-15)19(23)16-13-26-21-18(16)14-6-4-3-5-7-14/h3-7,13,15,17H,8-12H2,1-2H3/t15-,17+,20-/m1/s1. The van der Waals surface area contributed by atoms with Crippen LogP contribution in [0.5, 0.6) is 0 Å². The molecule has 3 atom stereocenters. The molecule has 2 aliphatic rings. The first-order valence-electron chi connectivity index (χ1n) is 9.07. The Morgan fingerprint density at radius 3 is 2.81 bits per heavy atom. The lowest BCUT2D eigenvalue weighted by Gasteiger charge is -2.43. The van der Waals surface area contributed by atoms with E-state index in [0.29, 0.717) is 17.8 Å². The van der Waals surface area contributed by atoms with Crippen molar-refractivity contribution < 1.29 is 18.8 Å². The average Bonchev–Trinajstić information content (AvgIpc) is 3.33. The third kappa shape index (κ3) is 2.73. The van der Waals surface area contributed by atoms with Crippen LogP contribution in [0.4, 0.5) is 0 Å². The minimum Gasteiger partial charge on any atom is -0.381 e. The number of hydrogen-bond acceptors (Lipinski definition) is 5. The van der Waals surface area contributed by atoms with Gasteiger partial charge in [-0.3, -0.25) is 4.79 Å². The summed E-state index contributed by atoms with van der Waals surface area (Å²) in [5.74, 6) is -0.0502. The third-order valence-corrected chi connectivity index (χ3v) is 5.98. The SMILES string of the molecule is CO[C@@H]1CC[C@@]2(OC)CCN(C(=O)c3conc3-c3ccccc3)[C@H]2C1. The Labute approximate surface area is 153 Å². The second-order valence-electron chi connectivity index (χ2n) is 7.11. The van der Waals surface area contributed by atoms with Crippen molar-refractivity contribution in [1.82, 2.24) is 10.1 Å². The first-order chi connectivity index (χ1) is 12.7. The first-order valence-corrected chi connectivity index (χ1v) is 9.07.